The molecule has 1 unspecified atom stereocenters. The highest BCUT2D eigenvalue weighted by molar-refractivity contribution is 5.48. The van der Waals surface area contributed by atoms with E-state index in [0.717, 1.165) is 36.1 Å². The van der Waals surface area contributed by atoms with Crippen molar-refractivity contribution in [1.82, 2.24) is 0 Å². The second-order valence-electron chi connectivity index (χ2n) is 6.54. The highest BCUT2D eigenvalue weighted by Crippen LogP contribution is 2.52. The average molecular weight is 262 g/mol. The summed E-state index contributed by atoms with van der Waals surface area (Å²) in [7, 11) is 1.70. The fraction of sp³-hybridized carbons (Fsp3) is 0.647. The second kappa shape index (κ2) is 4.82. The zero-order chi connectivity index (χ0) is 14.3. The summed E-state index contributed by atoms with van der Waals surface area (Å²) < 4.78 is 5.61. The van der Waals surface area contributed by atoms with Crippen molar-refractivity contribution in [3.63, 3.8) is 0 Å². The van der Waals surface area contributed by atoms with Gasteiger partial charge in [0.25, 0.3) is 0 Å². The minimum Gasteiger partial charge on any atom is -0.496 e. The Morgan fingerprint density at radius 1 is 1.11 bits per heavy atom. The van der Waals surface area contributed by atoms with Crippen molar-refractivity contribution in [2.75, 3.05) is 7.11 Å². The summed E-state index contributed by atoms with van der Waals surface area (Å²) in [6.07, 6.45) is 4.15. The van der Waals surface area contributed by atoms with E-state index in [1.165, 1.54) is 12.0 Å². The molecule has 1 N–H and O–H groups in total. The Morgan fingerprint density at radius 3 is 2.32 bits per heavy atom. The van der Waals surface area contributed by atoms with E-state index < -0.39 is 5.60 Å². The third-order valence-corrected chi connectivity index (χ3v) is 5.04. The lowest BCUT2D eigenvalue weighted by Gasteiger charge is -2.47. The van der Waals surface area contributed by atoms with Gasteiger partial charge in [0.15, 0.2) is 0 Å². The first-order chi connectivity index (χ1) is 8.83. The van der Waals surface area contributed by atoms with Crippen LogP contribution < -0.4 is 4.74 Å². The molecule has 0 bridgehead atoms. The standard InChI is InChI=1S/C17H26O2/c1-12-8-9-14(15(19-5)13(12)2)17(18)11-7-6-10-16(17,3)4/h8-9,18H,6-7,10-11H2,1-5H3. The maximum Gasteiger partial charge on any atom is 0.128 e. The second-order valence-corrected chi connectivity index (χ2v) is 6.54. The highest BCUT2D eigenvalue weighted by Gasteiger charge is 2.48. The summed E-state index contributed by atoms with van der Waals surface area (Å²) in [6.45, 7) is 8.48. The largest absolute Gasteiger partial charge is 0.496 e. The van der Waals surface area contributed by atoms with Crippen LogP contribution >= 0.6 is 0 Å². The van der Waals surface area contributed by atoms with Crippen molar-refractivity contribution in [3.05, 3.63) is 28.8 Å². The van der Waals surface area contributed by atoms with Crippen molar-refractivity contribution in [2.45, 2.75) is 59.0 Å². The van der Waals surface area contributed by atoms with E-state index in [4.69, 9.17) is 4.74 Å². The molecule has 2 rings (SSSR count). The number of benzene rings is 1. The van der Waals surface area contributed by atoms with Gasteiger partial charge in [-0.1, -0.05) is 38.8 Å². The van der Waals surface area contributed by atoms with Gasteiger partial charge in [0.2, 0.25) is 0 Å². The zero-order valence-electron chi connectivity index (χ0n) is 12.8. The van der Waals surface area contributed by atoms with Gasteiger partial charge in [-0.3, -0.25) is 0 Å². The molecule has 1 aliphatic carbocycles. The molecular formula is C17H26O2. The molecule has 106 valence electrons. The van der Waals surface area contributed by atoms with Crippen molar-refractivity contribution in [3.8, 4) is 5.75 Å². The van der Waals surface area contributed by atoms with Crippen molar-refractivity contribution in [1.29, 1.82) is 0 Å². The molecule has 2 heteroatoms. The lowest BCUT2D eigenvalue weighted by Crippen LogP contribution is -2.44. The van der Waals surface area contributed by atoms with E-state index >= 15 is 0 Å². The van der Waals surface area contributed by atoms with Crippen LogP contribution in [0.25, 0.3) is 0 Å². The molecule has 19 heavy (non-hydrogen) atoms. The summed E-state index contributed by atoms with van der Waals surface area (Å²) in [4.78, 5) is 0. The Balaban J connectivity index is 2.60. The third-order valence-electron chi connectivity index (χ3n) is 5.04. The van der Waals surface area contributed by atoms with Gasteiger partial charge in [-0.05, 0) is 43.2 Å². The summed E-state index contributed by atoms with van der Waals surface area (Å²) in [5.41, 5.74) is 2.41. The molecule has 0 aromatic heterocycles. The van der Waals surface area contributed by atoms with Gasteiger partial charge in [-0.25, -0.2) is 0 Å². The predicted molar refractivity (Wildman–Crippen MR) is 78.6 cm³/mol. The molecule has 0 saturated heterocycles. The summed E-state index contributed by atoms with van der Waals surface area (Å²) in [6, 6.07) is 4.14. The van der Waals surface area contributed by atoms with Crippen molar-refractivity contribution in [2.24, 2.45) is 5.41 Å². The van der Waals surface area contributed by atoms with E-state index in [1.807, 2.05) is 6.07 Å². The predicted octanol–water partition coefficient (Wildman–Crippen LogP) is 4.10. The average Bonchev–Trinajstić information content (AvgIpc) is 2.36. The molecular weight excluding hydrogens is 236 g/mol. The topological polar surface area (TPSA) is 29.5 Å². The number of aliphatic hydroxyl groups is 1. The minimum atomic E-state index is -0.783. The summed E-state index contributed by atoms with van der Waals surface area (Å²) in [5, 5.41) is 11.3. The number of rotatable bonds is 2. The first kappa shape index (κ1) is 14.4. The molecule has 1 atom stereocenters. The van der Waals surface area contributed by atoms with Gasteiger partial charge < -0.3 is 9.84 Å². The van der Waals surface area contributed by atoms with Crippen LogP contribution in [0.3, 0.4) is 0 Å². The van der Waals surface area contributed by atoms with E-state index in [9.17, 15) is 5.11 Å². The number of ether oxygens (including phenoxy) is 1. The highest BCUT2D eigenvalue weighted by atomic mass is 16.5. The van der Waals surface area contributed by atoms with Gasteiger partial charge in [-0.15, -0.1) is 0 Å². The Hall–Kier alpha value is -1.02. The van der Waals surface area contributed by atoms with Crippen LogP contribution in [-0.2, 0) is 5.60 Å². The molecule has 2 nitrogen and oxygen atoms in total. The van der Waals surface area contributed by atoms with Gasteiger partial charge in [0.05, 0.1) is 12.7 Å². The van der Waals surface area contributed by atoms with Crippen LogP contribution in [-0.4, -0.2) is 12.2 Å². The van der Waals surface area contributed by atoms with E-state index in [2.05, 4.69) is 33.8 Å². The van der Waals surface area contributed by atoms with Crippen molar-refractivity contribution >= 4 is 0 Å². The molecule has 1 aromatic rings. The smallest absolute Gasteiger partial charge is 0.128 e. The van der Waals surface area contributed by atoms with E-state index in [0.29, 0.717) is 0 Å². The fourth-order valence-electron chi connectivity index (χ4n) is 3.37. The van der Waals surface area contributed by atoms with Crippen LogP contribution in [0.2, 0.25) is 0 Å². The number of hydrogen-bond donors (Lipinski definition) is 1. The van der Waals surface area contributed by atoms with Gasteiger partial charge >= 0.3 is 0 Å². The Bertz CT molecular complexity index is 476. The molecule has 0 amide bonds. The summed E-state index contributed by atoms with van der Waals surface area (Å²) >= 11 is 0. The zero-order valence-corrected chi connectivity index (χ0v) is 12.8. The number of methoxy groups -OCH3 is 1. The molecule has 1 fully saturated rings. The van der Waals surface area contributed by atoms with Crippen molar-refractivity contribution < 1.29 is 9.84 Å². The van der Waals surface area contributed by atoms with Crippen LogP contribution in [0.1, 0.15) is 56.2 Å². The normalized spacial score (nSPS) is 26.2. The van der Waals surface area contributed by atoms with E-state index in [-0.39, 0.29) is 5.41 Å². The lowest BCUT2D eigenvalue weighted by atomic mass is 9.62. The van der Waals surface area contributed by atoms with E-state index in [1.54, 1.807) is 7.11 Å². The van der Waals surface area contributed by atoms with Crippen LogP contribution in [0, 0.1) is 19.3 Å². The maximum absolute atomic E-state index is 11.3. The quantitative estimate of drug-likeness (QED) is 0.869. The molecule has 0 radical (unpaired) electrons. The molecule has 1 saturated carbocycles. The molecule has 0 aliphatic heterocycles. The Labute approximate surface area is 116 Å². The fourth-order valence-corrected chi connectivity index (χ4v) is 3.37. The van der Waals surface area contributed by atoms with Crippen LogP contribution in [0.15, 0.2) is 12.1 Å². The third kappa shape index (κ3) is 2.16. The minimum absolute atomic E-state index is 0.111. The van der Waals surface area contributed by atoms with Gasteiger partial charge in [0.1, 0.15) is 5.75 Å². The molecule has 0 spiro atoms. The van der Waals surface area contributed by atoms with Gasteiger partial charge in [0, 0.05) is 5.56 Å². The molecule has 0 heterocycles. The first-order valence-corrected chi connectivity index (χ1v) is 7.20. The van der Waals surface area contributed by atoms with Crippen LogP contribution in [0.4, 0.5) is 0 Å². The SMILES string of the molecule is COc1c(C2(O)CCCCC2(C)C)ccc(C)c1C. The number of aryl methyl sites for hydroxylation is 1. The monoisotopic (exact) mass is 262 g/mol. The number of hydrogen-bond acceptors (Lipinski definition) is 2. The first-order valence-electron chi connectivity index (χ1n) is 7.20. The molecule has 1 aliphatic rings. The lowest BCUT2D eigenvalue weighted by molar-refractivity contribution is -0.105. The summed E-state index contributed by atoms with van der Waals surface area (Å²) in [5.74, 6) is 0.859. The molecule has 1 aromatic carbocycles. The van der Waals surface area contributed by atoms with Gasteiger partial charge in [-0.2, -0.15) is 0 Å². The Kier molecular flexibility index (Phi) is 3.65. The Morgan fingerprint density at radius 2 is 1.74 bits per heavy atom. The maximum atomic E-state index is 11.3. The van der Waals surface area contributed by atoms with Crippen LogP contribution in [0.5, 0.6) is 5.75 Å².